The van der Waals surface area contributed by atoms with E-state index in [0.717, 1.165) is 6.42 Å². The summed E-state index contributed by atoms with van der Waals surface area (Å²) in [7, 11) is 2.42. The van der Waals surface area contributed by atoms with Gasteiger partial charge in [0, 0.05) is 19.4 Å². The van der Waals surface area contributed by atoms with E-state index in [1.807, 2.05) is 0 Å². The number of likely N-dealkylation sites (tertiary alicyclic amines) is 1. The first-order chi connectivity index (χ1) is 7.27. The molecule has 0 aliphatic carbocycles. The molecule has 0 aromatic carbocycles. The van der Waals surface area contributed by atoms with Gasteiger partial charge in [-0.3, -0.25) is 0 Å². The first-order valence-electron chi connectivity index (χ1n) is 6.71. The summed E-state index contributed by atoms with van der Waals surface area (Å²) in [5, 5.41) is 8.64. The summed E-state index contributed by atoms with van der Waals surface area (Å²) < 4.78 is 1.33. The molecule has 0 amide bonds. The molecular formula is C13H28BrNO. The van der Waals surface area contributed by atoms with Crippen LogP contribution >= 0.6 is 0 Å². The predicted molar refractivity (Wildman–Crippen MR) is 64.8 cm³/mol. The van der Waals surface area contributed by atoms with Crippen LogP contribution in [0.1, 0.15) is 51.4 Å². The Balaban J connectivity index is 0.00000225. The molecule has 1 aliphatic rings. The van der Waals surface area contributed by atoms with Crippen LogP contribution in [0.3, 0.4) is 0 Å². The van der Waals surface area contributed by atoms with Gasteiger partial charge in [-0.25, -0.2) is 0 Å². The van der Waals surface area contributed by atoms with Crippen LogP contribution in [0, 0.1) is 0 Å². The van der Waals surface area contributed by atoms with Gasteiger partial charge in [0.1, 0.15) is 0 Å². The lowest BCUT2D eigenvalue weighted by Gasteiger charge is -2.29. The summed E-state index contributed by atoms with van der Waals surface area (Å²) >= 11 is 0. The fourth-order valence-corrected chi connectivity index (χ4v) is 2.63. The maximum absolute atomic E-state index is 8.64. The van der Waals surface area contributed by atoms with Crippen molar-refractivity contribution < 1.29 is 26.6 Å². The van der Waals surface area contributed by atoms with E-state index >= 15 is 0 Å². The third-order valence-corrected chi connectivity index (χ3v) is 3.75. The summed E-state index contributed by atoms with van der Waals surface area (Å²) in [6.45, 7) is 4.57. The molecule has 1 rings (SSSR count). The van der Waals surface area contributed by atoms with E-state index < -0.39 is 0 Å². The molecule has 16 heavy (non-hydrogen) atoms. The van der Waals surface area contributed by atoms with E-state index in [9.17, 15) is 0 Å². The first-order valence-corrected chi connectivity index (χ1v) is 6.71. The second-order valence-corrected chi connectivity index (χ2v) is 5.34. The van der Waals surface area contributed by atoms with Gasteiger partial charge < -0.3 is 26.6 Å². The highest BCUT2D eigenvalue weighted by molar-refractivity contribution is 4.52. The molecule has 1 aliphatic heterocycles. The Hall–Kier alpha value is 0.400. The number of unbranched alkanes of at least 4 members (excludes halogenated alkanes) is 5. The zero-order chi connectivity index (χ0) is 11.0. The molecule has 1 N–H and O–H groups in total. The Morgan fingerprint density at radius 1 is 0.875 bits per heavy atom. The molecule has 0 aromatic heterocycles. The van der Waals surface area contributed by atoms with E-state index in [1.165, 1.54) is 69.1 Å². The molecule has 3 heteroatoms. The third-order valence-electron chi connectivity index (χ3n) is 3.75. The standard InChI is InChI=1S/C13H28NO.BrH/c1-14(11-7-8-12-14)10-6-4-2-3-5-9-13-15;/h15H,2-13H2,1H3;1H/q+1;/p-1. The number of rotatable bonds is 8. The minimum atomic E-state index is 0. The van der Waals surface area contributed by atoms with Gasteiger partial charge >= 0.3 is 0 Å². The number of aliphatic hydroxyl groups excluding tert-OH is 1. The van der Waals surface area contributed by atoms with Crippen LogP contribution in [0.4, 0.5) is 0 Å². The second kappa shape index (κ2) is 9.43. The SMILES string of the molecule is C[N+]1(CCCCCCCCO)CCCC1.[Br-]. The van der Waals surface area contributed by atoms with Crippen LogP contribution in [0.2, 0.25) is 0 Å². The Kier molecular flexibility index (Phi) is 9.67. The monoisotopic (exact) mass is 293 g/mol. The second-order valence-electron chi connectivity index (χ2n) is 5.34. The molecule has 0 unspecified atom stereocenters. The molecule has 1 saturated heterocycles. The summed E-state index contributed by atoms with van der Waals surface area (Å²) in [5.74, 6) is 0. The highest BCUT2D eigenvalue weighted by atomic mass is 79.9. The molecular weight excluding hydrogens is 266 g/mol. The van der Waals surface area contributed by atoms with Gasteiger partial charge in [-0.1, -0.05) is 19.3 Å². The van der Waals surface area contributed by atoms with E-state index in [4.69, 9.17) is 5.11 Å². The summed E-state index contributed by atoms with van der Waals surface area (Å²) in [6.07, 6.45) is 10.5. The highest BCUT2D eigenvalue weighted by Crippen LogP contribution is 2.18. The van der Waals surface area contributed by atoms with E-state index in [2.05, 4.69) is 7.05 Å². The van der Waals surface area contributed by atoms with Crippen LogP contribution in [-0.4, -0.2) is 42.9 Å². The highest BCUT2D eigenvalue weighted by Gasteiger charge is 2.25. The summed E-state index contributed by atoms with van der Waals surface area (Å²) in [6, 6.07) is 0. The van der Waals surface area contributed by atoms with Gasteiger partial charge in [-0.15, -0.1) is 0 Å². The lowest BCUT2D eigenvalue weighted by Crippen LogP contribution is -3.00. The quantitative estimate of drug-likeness (QED) is 0.475. The normalized spacial score (nSPS) is 18.4. The molecule has 0 aromatic rings. The minimum absolute atomic E-state index is 0. The van der Waals surface area contributed by atoms with Crippen molar-refractivity contribution in [2.45, 2.75) is 51.4 Å². The Morgan fingerprint density at radius 2 is 1.38 bits per heavy atom. The van der Waals surface area contributed by atoms with Crippen LogP contribution in [0.25, 0.3) is 0 Å². The summed E-state index contributed by atoms with van der Waals surface area (Å²) in [5.41, 5.74) is 0. The van der Waals surface area contributed by atoms with E-state index in [1.54, 1.807) is 0 Å². The van der Waals surface area contributed by atoms with Crippen molar-refractivity contribution in [1.29, 1.82) is 0 Å². The zero-order valence-electron chi connectivity index (χ0n) is 10.8. The Bertz CT molecular complexity index is 158. The van der Waals surface area contributed by atoms with Crippen LogP contribution in [0.5, 0.6) is 0 Å². The molecule has 0 saturated carbocycles. The molecule has 0 radical (unpaired) electrons. The van der Waals surface area contributed by atoms with Gasteiger partial charge in [0.2, 0.25) is 0 Å². The average Bonchev–Trinajstić information content (AvgIpc) is 2.64. The van der Waals surface area contributed by atoms with Gasteiger partial charge in [-0.2, -0.15) is 0 Å². The van der Waals surface area contributed by atoms with Crippen LogP contribution in [0.15, 0.2) is 0 Å². The molecule has 0 spiro atoms. The van der Waals surface area contributed by atoms with Crippen molar-refractivity contribution in [1.82, 2.24) is 0 Å². The lowest BCUT2D eigenvalue weighted by molar-refractivity contribution is -0.897. The lowest BCUT2D eigenvalue weighted by atomic mass is 10.1. The molecule has 1 fully saturated rings. The first kappa shape index (κ1) is 16.4. The fourth-order valence-electron chi connectivity index (χ4n) is 2.63. The number of hydrogen-bond acceptors (Lipinski definition) is 1. The van der Waals surface area contributed by atoms with Crippen molar-refractivity contribution in [3.8, 4) is 0 Å². The average molecular weight is 294 g/mol. The zero-order valence-corrected chi connectivity index (χ0v) is 12.3. The van der Waals surface area contributed by atoms with E-state index in [0.29, 0.717) is 6.61 Å². The van der Waals surface area contributed by atoms with Gasteiger partial charge in [0.05, 0.1) is 26.7 Å². The molecule has 1 heterocycles. The van der Waals surface area contributed by atoms with Crippen molar-refractivity contribution >= 4 is 0 Å². The Morgan fingerprint density at radius 3 is 1.94 bits per heavy atom. The summed E-state index contributed by atoms with van der Waals surface area (Å²) in [4.78, 5) is 0. The van der Waals surface area contributed by atoms with Crippen molar-refractivity contribution in [2.75, 3.05) is 33.3 Å². The number of halogens is 1. The van der Waals surface area contributed by atoms with Gasteiger partial charge in [0.15, 0.2) is 0 Å². The predicted octanol–water partition coefficient (Wildman–Crippen LogP) is -0.436. The van der Waals surface area contributed by atoms with Crippen LogP contribution < -0.4 is 17.0 Å². The molecule has 0 bridgehead atoms. The number of aliphatic hydroxyl groups is 1. The third kappa shape index (κ3) is 6.87. The smallest absolute Gasteiger partial charge is 0.0786 e. The maximum atomic E-state index is 8.64. The number of quaternary nitrogens is 1. The van der Waals surface area contributed by atoms with E-state index in [-0.39, 0.29) is 17.0 Å². The molecule has 2 nitrogen and oxygen atoms in total. The number of nitrogens with zero attached hydrogens (tertiary/aromatic N) is 1. The van der Waals surface area contributed by atoms with Gasteiger partial charge in [-0.05, 0) is 19.3 Å². The van der Waals surface area contributed by atoms with Crippen molar-refractivity contribution in [3.05, 3.63) is 0 Å². The molecule has 0 atom stereocenters. The maximum Gasteiger partial charge on any atom is 0.0786 e. The fraction of sp³-hybridized carbons (Fsp3) is 1.00. The minimum Gasteiger partial charge on any atom is -1.00 e. The van der Waals surface area contributed by atoms with Crippen molar-refractivity contribution in [2.24, 2.45) is 0 Å². The Labute approximate surface area is 111 Å². The van der Waals surface area contributed by atoms with Crippen LogP contribution in [-0.2, 0) is 0 Å². The van der Waals surface area contributed by atoms with Gasteiger partial charge in [0.25, 0.3) is 0 Å². The molecule has 98 valence electrons. The number of hydrogen-bond donors (Lipinski definition) is 1. The largest absolute Gasteiger partial charge is 1.00 e. The van der Waals surface area contributed by atoms with Crippen molar-refractivity contribution in [3.63, 3.8) is 0 Å². The topological polar surface area (TPSA) is 20.2 Å².